The van der Waals surface area contributed by atoms with Crippen molar-refractivity contribution in [2.24, 2.45) is 0 Å². The van der Waals surface area contributed by atoms with E-state index in [4.69, 9.17) is 24.1 Å². The van der Waals surface area contributed by atoms with Crippen LogP contribution in [0.3, 0.4) is 0 Å². The molecule has 130 valence electrons. The van der Waals surface area contributed by atoms with Crippen LogP contribution in [-0.4, -0.2) is 86.5 Å². The van der Waals surface area contributed by atoms with Gasteiger partial charge >= 0.3 is 0 Å². The molecule has 7 nitrogen and oxygen atoms in total. The first-order chi connectivity index (χ1) is 10.6. The van der Waals surface area contributed by atoms with Gasteiger partial charge in [-0.1, -0.05) is 12.2 Å². The fraction of sp³-hybridized carbons (Fsp3) is 0.733. The van der Waals surface area contributed by atoms with E-state index in [1.165, 1.54) is 0 Å². The van der Waals surface area contributed by atoms with Crippen molar-refractivity contribution in [2.45, 2.75) is 18.3 Å². The zero-order valence-corrected chi connectivity index (χ0v) is 12.9. The van der Waals surface area contributed by atoms with Crippen LogP contribution in [0.1, 0.15) is 0 Å². The van der Waals surface area contributed by atoms with Gasteiger partial charge in [0, 0.05) is 0 Å². The third-order valence-corrected chi connectivity index (χ3v) is 2.43. The Labute approximate surface area is 131 Å². The van der Waals surface area contributed by atoms with E-state index in [1.54, 1.807) is 12.2 Å². The maximum absolute atomic E-state index is 9.69. The predicted octanol–water partition coefficient (Wildman–Crippen LogP) is -0.492. The van der Waals surface area contributed by atoms with Crippen molar-refractivity contribution in [1.82, 2.24) is 0 Å². The van der Waals surface area contributed by atoms with E-state index in [1.807, 2.05) is 0 Å². The highest BCUT2D eigenvalue weighted by Crippen LogP contribution is 1.99. The van der Waals surface area contributed by atoms with E-state index in [0.717, 1.165) is 0 Å². The lowest BCUT2D eigenvalue weighted by Crippen LogP contribution is -2.32. The summed E-state index contributed by atoms with van der Waals surface area (Å²) in [7, 11) is 0. The molecule has 3 N–H and O–H groups in total. The van der Waals surface area contributed by atoms with Gasteiger partial charge in [-0.25, -0.2) is 0 Å². The lowest BCUT2D eigenvalue weighted by Gasteiger charge is -2.20. The van der Waals surface area contributed by atoms with Crippen molar-refractivity contribution in [3.05, 3.63) is 25.3 Å². The summed E-state index contributed by atoms with van der Waals surface area (Å²) < 4.78 is 21.2. The zero-order valence-electron chi connectivity index (χ0n) is 12.9. The Balaban J connectivity index is 3.99. The Bertz CT molecular complexity index is 273. The molecular weight excluding hydrogens is 292 g/mol. The van der Waals surface area contributed by atoms with Crippen LogP contribution in [0.2, 0.25) is 0 Å². The summed E-state index contributed by atoms with van der Waals surface area (Å²) in [6, 6.07) is 0. The average Bonchev–Trinajstić information content (AvgIpc) is 2.52. The summed E-state index contributed by atoms with van der Waals surface area (Å²) >= 11 is 0. The maximum atomic E-state index is 9.69. The fourth-order valence-corrected chi connectivity index (χ4v) is 1.40. The molecule has 0 fully saturated rings. The highest BCUT2D eigenvalue weighted by Gasteiger charge is 2.14. The minimum absolute atomic E-state index is 0.00280. The van der Waals surface area contributed by atoms with Crippen molar-refractivity contribution < 1.29 is 34.3 Å². The molecule has 0 radical (unpaired) electrons. The molecule has 0 bridgehead atoms. The molecule has 0 heterocycles. The van der Waals surface area contributed by atoms with Gasteiger partial charge in [-0.3, -0.25) is 0 Å². The second-order valence-electron chi connectivity index (χ2n) is 4.64. The van der Waals surface area contributed by atoms with Gasteiger partial charge in [0.2, 0.25) is 0 Å². The second kappa shape index (κ2) is 15.1. The van der Waals surface area contributed by atoms with Crippen molar-refractivity contribution in [2.75, 3.05) is 52.9 Å². The highest BCUT2D eigenvalue weighted by atomic mass is 16.6. The number of aliphatic hydroxyl groups is 3. The fourth-order valence-electron chi connectivity index (χ4n) is 1.40. The monoisotopic (exact) mass is 320 g/mol. The van der Waals surface area contributed by atoms with Crippen LogP contribution in [-0.2, 0) is 18.9 Å². The first kappa shape index (κ1) is 21.2. The standard InChI is InChI=1S/C15H28O7/c1-3-5-19-9-14(18)10-22-15(11-20-6-4-2)12-21-8-13(17)7-16/h3-4,13-18H,1-2,5-12H2. The van der Waals surface area contributed by atoms with Crippen LogP contribution >= 0.6 is 0 Å². The Hall–Kier alpha value is -0.800. The first-order valence-electron chi connectivity index (χ1n) is 7.17. The van der Waals surface area contributed by atoms with Crippen molar-refractivity contribution in [3.63, 3.8) is 0 Å². The number of hydrogen-bond acceptors (Lipinski definition) is 7. The van der Waals surface area contributed by atoms with Gasteiger partial charge in [0.25, 0.3) is 0 Å². The molecule has 3 unspecified atom stereocenters. The van der Waals surface area contributed by atoms with Gasteiger partial charge in [0.05, 0.1) is 52.9 Å². The van der Waals surface area contributed by atoms with Gasteiger partial charge in [-0.15, -0.1) is 13.2 Å². The number of rotatable bonds is 16. The van der Waals surface area contributed by atoms with Gasteiger partial charge < -0.3 is 34.3 Å². The smallest absolute Gasteiger partial charge is 0.104 e. The molecule has 0 rings (SSSR count). The topological polar surface area (TPSA) is 97.6 Å². The zero-order chi connectivity index (χ0) is 16.6. The van der Waals surface area contributed by atoms with Crippen molar-refractivity contribution in [3.8, 4) is 0 Å². The molecule has 0 spiro atoms. The van der Waals surface area contributed by atoms with Gasteiger partial charge in [-0.2, -0.15) is 0 Å². The molecule has 0 aliphatic rings. The molecule has 0 aromatic carbocycles. The van der Waals surface area contributed by atoms with Crippen molar-refractivity contribution in [1.29, 1.82) is 0 Å². The molecule has 22 heavy (non-hydrogen) atoms. The third kappa shape index (κ3) is 12.9. The number of hydrogen-bond donors (Lipinski definition) is 3. The minimum Gasteiger partial charge on any atom is -0.394 e. The normalized spacial score (nSPS) is 15.2. The van der Waals surface area contributed by atoms with E-state index in [9.17, 15) is 10.2 Å². The second-order valence-corrected chi connectivity index (χ2v) is 4.64. The lowest BCUT2D eigenvalue weighted by atomic mass is 10.3. The van der Waals surface area contributed by atoms with Crippen LogP contribution in [0.25, 0.3) is 0 Å². The maximum Gasteiger partial charge on any atom is 0.104 e. The van der Waals surface area contributed by atoms with E-state index in [-0.39, 0.29) is 39.6 Å². The van der Waals surface area contributed by atoms with Crippen LogP contribution in [0.4, 0.5) is 0 Å². The van der Waals surface area contributed by atoms with Crippen LogP contribution in [0, 0.1) is 0 Å². The third-order valence-electron chi connectivity index (χ3n) is 2.43. The first-order valence-corrected chi connectivity index (χ1v) is 7.17. The molecule has 0 aromatic heterocycles. The Morgan fingerprint density at radius 3 is 1.91 bits per heavy atom. The van der Waals surface area contributed by atoms with Gasteiger partial charge in [0.1, 0.15) is 18.3 Å². The van der Waals surface area contributed by atoms with E-state index < -0.39 is 18.3 Å². The van der Waals surface area contributed by atoms with Crippen LogP contribution in [0.5, 0.6) is 0 Å². The average molecular weight is 320 g/mol. The van der Waals surface area contributed by atoms with Gasteiger partial charge in [0.15, 0.2) is 0 Å². The molecule has 0 aliphatic carbocycles. The molecule has 0 aromatic rings. The minimum atomic E-state index is -0.923. The molecule has 0 saturated carbocycles. The molecule has 0 aliphatic heterocycles. The summed E-state index contributed by atoms with van der Waals surface area (Å²) in [4.78, 5) is 0. The molecule has 7 heteroatoms. The number of aliphatic hydroxyl groups excluding tert-OH is 3. The summed E-state index contributed by atoms with van der Waals surface area (Å²) in [6.07, 6.45) is 1.13. The Kier molecular flexibility index (Phi) is 14.6. The quantitative estimate of drug-likeness (QED) is 0.261. The van der Waals surface area contributed by atoms with Gasteiger partial charge in [-0.05, 0) is 0 Å². The molecule has 0 saturated heterocycles. The van der Waals surface area contributed by atoms with Crippen molar-refractivity contribution >= 4 is 0 Å². The predicted molar refractivity (Wildman–Crippen MR) is 81.7 cm³/mol. The molecule has 0 amide bonds. The largest absolute Gasteiger partial charge is 0.394 e. The summed E-state index contributed by atoms with van der Waals surface area (Å²) in [5.41, 5.74) is 0. The summed E-state index contributed by atoms with van der Waals surface area (Å²) in [5, 5.41) is 27.6. The SMILES string of the molecule is C=CCOCC(O)COC(COCC=C)COCC(O)CO. The Morgan fingerprint density at radius 1 is 0.773 bits per heavy atom. The Morgan fingerprint density at radius 2 is 1.32 bits per heavy atom. The lowest BCUT2D eigenvalue weighted by molar-refractivity contribution is -0.0983. The van der Waals surface area contributed by atoms with Crippen LogP contribution in [0.15, 0.2) is 25.3 Å². The van der Waals surface area contributed by atoms with E-state index >= 15 is 0 Å². The number of ether oxygens (including phenoxy) is 4. The molecular formula is C15H28O7. The van der Waals surface area contributed by atoms with E-state index in [0.29, 0.717) is 13.2 Å². The van der Waals surface area contributed by atoms with Crippen LogP contribution < -0.4 is 0 Å². The van der Waals surface area contributed by atoms with E-state index in [2.05, 4.69) is 13.2 Å². The summed E-state index contributed by atoms with van der Waals surface area (Å²) in [5.74, 6) is 0. The summed E-state index contributed by atoms with van der Waals surface area (Å²) in [6.45, 7) is 8.11. The molecule has 3 atom stereocenters. The highest BCUT2D eigenvalue weighted by molar-refractivity contribution is 4.67.